The summed E-state index contributed by atoms with van der Waals surface area (Å²) in [6.45, 7) is 2.38. The van der Waals surface area contributed by atoms with Crippen molar-refractivity contribution in [2.24, 2.45) is 0 Å². The van der Waals surface area contributed by atoms with Crippen molar-refractivity contribution in [3.8, 4) is 11.3 Å². The summed E-state index contributed by atoms with van der Waals surface area (Å²) >= 11 is 0. The minimum absolute atomic E-state index is 0.389. The Hall–Kier alpha value is -2.01. The zero-order valence-corrected chi connectivity index (χ0v) is 10.8. The number of rotatable bonds is 1. The Bertz CT molecular complexity index is 645. The van der Waals surface area contributed by atoms with Crippen LogP contribution in [-0.4, -0.2) is 30.0 Å². The summed E-state index contributed by atoms with van der Waals surface area (Å²) in [5.74, 6) is 0. The molecule has 1 aromatic carbocycles. The highest BCUT2D eigenvalue weighted by molar-refractivity contribution is 5.88. The molecule has 0 aliphatic carbocycles. The van der Waals surface area contributed by atoms with Crippen LogP contribution in [0, 0.1) is 0 Å². The van der Waals surface area contributed by atoms with Crippen LogP contribution in [0.4, 0.5) is 11.4 Å². The molecule has 0 atom stereocenters. The fourth-order valence-electron chi connectivity index (χ4n) is 2.85. The zero-order chi connectivity index (χ0) is 13.0. The molecule has 5 heteroatoms. The van der Waals surface area contributed by atoms with E-state index in [2.05, 4.69) is 24.2 Å². The molecule has 4 rings (SSSR count). The fourth-order valence-corrected chi connectivity index (χ4v) is 2.85. The van der Waals surface area contributed by atoms with E-state index >= 15 is 0 Å². The Labute approximate surface area is 111 Å². The molecule has 98 valence electrons. The van der Waals surface area contributed by atoms with Gasteiger partial charge in [-0.2, -0.15) is 5.10 Å². The van der Waals surface area contributed by atoms with Gasteiger partial charge in [-0.3, -0.25) is 4.68 Å². The highest BCUT2D eigenvalue weighted by atomic mass is 16.5. The summed E-state index contributed by atoms with van der Waals surface area (Å²) < 4.78 is 7.28. The van der Waals surface area contributed by atoms with E-state index in [4.69, 9.17) is 15.6 Å². The molecule has 2 aliphatic heterocycles. The normalized spacial score (nSPS) is 17.8. The van der Waals surface area contributed by atoms with E-state index in [0.29, 0.717) is 6.04 Å². The molecular formula is C14H16N4O. The van der Waals surface area contributed by atoms with Crippen LogP contribution in [0.5, 0.6) is 0 Å². The lowest BCUT2D eigenvalue weighted by Crippen LogP contribution is -2.30. The Kier molecular flexibility index (Phi) is 2.14. The smallest absolute Gasteiger partial charge is 0.0994 e. The molecule has 1 aromatic heterocycles. The summed E-state index contributed by atoms with van der Waals surface area (Å²) in [7, 11) is 2.07. The first-order chi connectivity index (χ1) is 9.24. The molecule has 2 aromatic rings. The van der Waals surface area contributed by atoms with Gasteiger partial charge < -0.3 is 15.4 Å². The first-order valence-electron chi connectivity index (χ1n) is 6.50. The third kappa shape index (κ3) is 1.48. The van der Waals surface area contributed by atoms with Gasteiger partial charge in [0.15, 0.2) is 0 Å². The molecule has 2 N–H and O–H groups in total. The fraction of sp³-hybridized carbons (Fsp3) is 0.357. The van der Waals surface area contributed by atoms with Gasteiger partial charge >= 0.3 is 0 Å². The average molecular weight is 256 g/mol. The number of aromatic nitrogens is 2. The number of nitrogens with two attached hydrogens (primary N) is 1. The van der Waals surface area contributed by atoms with E-state index in [1.807, 2.05) is 16.8 Å². The highest BCUT2D eigenvalue weighted by Crippen LogP contribution is 2.41. The van der Waals surface area contributed by atoms with E-state index < -0.39 is 0 Å². The van der Waals surface area contributed by atoms with Crippen molar-refractivity contribution in [1.82, 2.24) is 9.78 Å². The number of ether oxygens (including phenoxy) is 1. The minimum Gasteiger partial charge on any atom is -0.397 e. The monoisotopic (exact) mass is 256 g/mol. The van der Waals surface area contributed by atoms with Crippen molar-refractivity contribution >= 4 is 11.4 Å². The number of para-hydroxylation sites is 1. The number of hydrogen-bond donors (Lipinski definition) is 1. The van der Waals surface area contributed by atoms with E-state index in [0.717, 1.165) is 42.4 Å². The molecule has 0 spiro atoms. The average Bonchev–Trinajstić information content (AvgIpc) is 2.70. The maximum atomic E-state index is 6.10. The summed E-state index contributed by atoms with van der Waals surface area (Å²) in [4.78, 5) is 2.19. The third-order valence-corrected chi connectivity index (χ3v) is 3.91. The quantitative estimate of drug-likeness (QED) is 0.788. The van der Waals surface area contributed by atoms with Gasteiger partial charge in [-0.15, -0.1) is 0 Å². The van der Waals surface area contributed by atoms with Crippen LogP contribution in [0.3, 0.4) is 0 Å². The maximum Gasteiger partial charge on any atom is 0.0994 e. The second-order valence-electron chi connectivity index (χ2n) is 5.27. The maximum absolute atomic E-state index is 6.10. The number of benzene rings is 1. The van der Waals surface area contributed by atoms with Crippen LogP contribution in [0.2, 0.25) is 0 Å². The van der Waals surface area contributed by atoms with Gasteiger partial charge in [-0.05, 0) is 6.07 Å². The van der Waals surface area contributed by atoms with Crippen molar-refractivity contribution in [2.45, 2.75) is 12.6 Å². The number of fused-ring (bicyclic) bond motifs is 3. The molecule has 1 fully saturated rings. The molecular weight excluding hydrogens is 240 g/mol. The second kappa shape index (κ2) is 3.74. The van der Waals surface area contributed by atoms with E-state index in [1.54, 1.807) is 0 Å². The van der Waals surface area contributed by atoms with Crippen LogP contribution in [0.15, 0.2) is 24.4 Å². The molecule has 3 heterocycles. The van der Waals surface area contributed by atoms with E-state index in [-0.39, 0.29) is 0 Å². The summed E-state index contributed by atoms with van der Waals surface area (Å²) in [6.07, 6.45) is 2.14. The lowest BCUT2D eigenvalue weighted by molar-refractivity contribution is -0.0285. The third-order valence-electron chi connectivity index (χ3n) is 3.91. The summed E-state index contributed by atoms with van der Waals surface area (Å²) in [5, 5.41) is 4.74. The largest absolute Gasteiger partial charge is 0.397 e. The van der Waals surface area contributed by atoms with Crippen LogP contribution in [0.1, 0.15) is 11.6 Å². The predicted molar refractivity (Wildman–Crippen MR) is 74.0 cm³/mol. The van der Waals surface area contributed by atoms with Gasteiger partial charge in [-0.25, -0.2) is 0 Å². The second-order valence-corrected chi connectivity index (χ2v) is 5.27. The van der Waals surface area contributed by atoms with E-state index in [1.165, 1.54) is 5.56 Å². The molecule has 1 saturated heterocycles. The van der Waals surface area contributed by atoms with Crippen molar-refractivity contribution in [3.63, 3.8) is 0 Å². The highest BCUT2D eigenvalue weighted by Gasteiger charge is 2.28. The van der Waals surface area contributed by atoms with Crippen LogP contribution >= 0.6 is 0 Å². The topological polar surface area (TPSA) is 56.3 Å². The SMILES string of the molecule is CN1Cc2cn(C3COC3)nc2-c2cccc(N)c21. The number of hydrogen-bond acceptors (Lipinski definition) is 4. The van der Waals surface area contributed by atoms with Crippen LogP contribution in [-0.2, 0) is 11.3 Å². The zero-order valence-electron chi connectivity index (χ0n) is 10.8. The minimum atomic E-state index is 0.389. The van der Waals surface area contributed by atoms with Gasteiger partial charge in [-0.1, -0.05) is 12.1 Å². The number of nitrogen functional groups attached to an aromatic ring is 1. The van der Waals surface area contributed by atoms with Crippen molar-refractivity contribution in [2.75, 3.05) is 30.9 Å². The van der Waals surface area contributed by atoms with Crippen molar-refractivity contribution in [1.29, 1.82) is 0 Å². The molecule has 2 aliphatic rings. The molecule has 0 amide bonds. The molecule has 0 radical (unpaired) electrons. The van der Waals surface area contributed by atoms with Gasteiger partial charge in [0.25, 0.3) is 0 Å². The van der Waals surface area contributed by atoms with Crippen LogP contribution in [0.25, 0.3) is 11.3 Å². The van der Waals surface area contributed by atoms with Gasteiger partial charge in [0.1, 0.15) is 0 Å². The van der Waals surface area contributed by atoms with Crippen LogP contribution < -0.4 is 10.6 Å². The van der Waals surface area contributed by atoms with Gasteiger partial charge in [0, 0.05) is 30.9 Å². The van der Waals surface area contributed by atoms with Crippen molar-refractivity contribution < 1.29 is 4.74 Å². The van der Waals surface area contributed by atoms with Crippen molar-refractivity contribution in [3.05, 3.63) is 30.0 Å². The number of nitrogens with zero attached hydrogens (tertiary/aromatic N) is 3. The molecule has 0 saturated carbocycles. The molecule has 5 nitrogen and oxygen atoms in total. The predicted octanol–water partition coefficient (Wildman–Crippen LogP) is 1.65. The summed E-state index contributed by atoms with van der Waals surface area (Å²) in [6, 6.07) is 6.41. The Morgan fingerprint density at radius 3 is 2.95 bits per heavy atom. The standard InChI is InChI=1S/C14H16N4O/c1-17-5-9-6-18(10-7-19-8-10)16-13(9)11-3-2-4-12(15)14(11)17/h2-4,6,10H,5,7-8,15H2,1H3. The van der Waals surface area contributed by atoms with E-state index in [9.17, 15) is 0 Å². The molecule has 0 bridgehead atoms. The molecule has 19 heavy (non-hydrogen) atoms. The lowest BCUT2D eigenvalue weighted by atomic mass is 9.99. The van der Waals surface area contributed by atoms with Gasteiger partial charge in [0.05, 0.1) is 36.3 Å². The van der Waals surface area contributed by atoms with Gasteiger partial charge in [0.2, 0.25) is 0 Å². The Balaban J connectivity index is 1.87. The number of anilines is 2. The lowest BCUT2D eigenvalue weighted by Gasteiger charge is -2.27. The first kappa shape index (κ1) is 10.9. The summed E-state index contributed by atoms with van der Waals surface area (Å²) in [5.41, 5.74) is 11.4. The molecule has 0 unspecified atom stereocenters. The Morgan fingerprint density at radius 2 is 2.21 bits per heavy atom. The first-order valence-corrected chi connectivity index (χ1v) is 6.50. The Morgan fingerprint density at radius 1 is 1.37 bits per heavy atom.